The molecule has 0 unspecified atom stereocenters. The van der Waals surface area contributed by atoms with Crippen LogP contribution in [0.15, 0.2) is 24.3 Å². The van der Waals surface area contributed by atoms with Crippen LogP contribution in [-0.2, 0) is 4.79 Å². The van der Waals surface area contributed by atoms with Gasteiger partial charge in [-0.1, -0.05) is 13.0 Å². The highest BCUT2D eigenvalue weighted by Crippen LogP contribution is 2.33. The summed E-state index contributed by atoms with van der Waals surface area (Å²) in [5, 5.41) is 5.55. The van der Waals surface area contributed by atoms with Crippen molar-refractivity contribution in [2.24, 2.45) is 5.73 Å². The van der Waals surface area contributed by atoms with Crippen molar-refractivity contribution in [3.8, 4) is 0 Å². The van der Waals surface area contributed by atoms with Gasteiger partial charge in [-0.2, -0.15) is 0 Å². The molecule has 0 atom stereocenters. The van der Waals surface area contributed by atoms with Crippen LogP contribution >= 0.6 is 12.4 Å². The Labute approximate surface area is 124 Å². The summed E-state index contributed by atoms with van der Waals surface area (Å²) in [6, 6.07) is 6.87. The second-order valence-electron chi connectivity index (χ2n) is 4.95. The topological polar surface area (TPSA) is 84.2 Å². The van der Waals surface area contributed by atoms with Crippen molar-refractivity contribution in [2.45, 2.75) is 31.7 Å². The Morgan fingerprint density at radius 3 is 2.65 bits per heavy atom. The van der Waals surface area contributed by atoms with Crippen LogP contribution in [-0.4, -0.2) is 23.9 Å². The van der Waals surface area contributed by atoms with E-state index in [1.54, 1.807) is 24.3 Å². The molecule has 0 aliphatic heterocycles. The highest BCUT2D eigenvalue weighted by atomic mass is 35.5. The maximum atomic E-state index is 11.8. The number of benzene rings is 1. The molecule has 2 rings (SSSR count). The van der Waals surface area contributed by atoms with Gasteiger partial charge in [0.1, 0.15) is 0 Å². The monoisotopic (exact) mass is 297 g/mol. The standard InChI is InChI=1S/C14H19N3O2.ClH/c1-2-8-16-12(18)10-4-3-5-11(9-10)17-13(19)14(15)6-7-14;/h3-5,9H,2,6-8,15H2,1H3,(H,16,18)(H,17,19);1H. The number of halogens is 1. The van der Waals surface area contributed by atoms with Gasteiger partial charge in [0.15, 0.2) is 0 Å². The zero-order chi connectivity index (χ0) is 13.9. The lowest BCUT2D eigenvalue weighted by molar-refractivity contribution is -0.118. The summed E-state index contributed by atoms with van der Waals surface area (Å²) in [7, 11) is 0. The largest absolute Gasteiger partial charge is 0.352 e. The summed E-state index contributed by atoms with van der Waals surface area (Å²) in [6.07, 6.45) is 2.32. The van der Waals surface area contributed by atoms with E-state index in [1.807, 2.05) is 6.92 Å². The minimum absolute atomic E-state index is 0. The normalized spacial score (nSPS) is 14.9. The van der Waals surface area contributed by atoms with Gasteiger partial charge in [0, 0.05) is 17.8 Å². The van der Waals surface area contributed by atoms with Crippen LogP contribution < -0.4 is 16.4 Å². The van der Waals surface area contributed by atoms with E-state index >= 15 is 0 Å². The van der Waals surface area contributed by atoms with Crippen molar-refractivity contribution in [3.63, 3.8) is 0 Å². The summed E-state index contributed by atoms with van der Waals surface area (Å²) in [5.74, 6) is -0.314. The number of rotatable bonds is 5. The van der Waals surface area contributed by atoms with Crippen LogP contribution in [0, 0.1) is 0 Å². The molecule has 5 nitrogen and oxygen atoms in total. The van der Waals surface area contributed by atoms with E-state index < -0.39 is 5.54 Å². The van der Waals surface area contributed by atoms with Gasteiger partial charge >= 0.3 is 0 Å². The number of hydrogen-bond donors (Lipinski definition) is 3. The number of amides is 2. The third-order valence-corrected chi connectivity index (χ3v) is 3.16. The smallest absolute Gasteiger partial charge is 0.251 e. The lowest BCUT2D eigenvalue weighted by Crippen LogP contribution is -2.37. The maximum Gasteiger partial charge on any atom is 0.251 e. The van der Waals surface area contributed by atoms with Crippen molar-refractivity contribution < 1.29 is 9.59 Å². The Balaban J connectivity index is 0.00000200. The highest BCUT2D eigenvalue weighted by Gasteiger charge is 2.45. The van der Waals surface area contributed by atoms with E-state index in [0.29, 0.717) is 17.8 Å². The average molecular weight is 298 g/mol. The van der Waals surface area contributed by atoms with Gasteiger partial charge in [0.05, 0.1) is 5.54 Å². The molecule has 0 aromatic heterocycles. The van der Waals surface area contributed by atoms with Gasteiger partial charge in [-0.25, -0.2) is 0 Å². The van der Waals surface area contributed by atoms with Crippen LogP contribution in [0.2, 0.25) is 0 Å². The SMILES string of the molecule is CCCNC(=O)c1cccc(NC(=O)C2(N)CC2)c1.Cl. The summed E-state index contributed by atoms with van der Waals surface area (Å²) in [5.41, 5.74) is 6.24. The zero-order valence-corrected chi connectivity index (χ0v) is 12.3. The van der Waals surface area contributed by atoms with Gasteiger partial charge in [-0.15, -0.1) is 12.4 Å². The maximum absolute atomic E-state index is 11.8. The van der Waals surface area contributed by atoms with E-state index in [0.717, 1.165) is 19.3 Å². The zero-order valence-electron chi connectivity index (χ0n) is 11.4. The Morgan fingerprint density at radius 1 is 1.35 bits per heavy atom. The molecule has 6 heteroatoms. The van der Waals surface area contributed by atoms with E-state index in [9.17, 15) is 9.59 Å². The number of nitrogens with two attached hydrogens (primary N) is 1. The molecule has 1 aliphatic rings. The quantitative estimate of drug-likeness (QED) is 0.773. The van der Waals surface area contributed by atoms with Crippen molar-refractivity contribution in [3.05, 3.63) is 29.8 Å². The summed E-state index contributed by atoms with van der Waals surface area (Å²) in [6.45, 7) is 2.63. The predicted octanol–water partition coefficient (Wildman–Crippen LogP) is 1.68. The van der Waals surface area contributed by atoms with Gasteiger partial charge in [-0.3, -0.25) is 9.59 Å². The molecule has 0 heterocycles. The van der Waals surface area contributed by atoms with Crippen molar-refractivity contribution in [1.82, 2.24) is 5.32 Å². The Hall–Kier alpha value is -1.59. The van der Waals surface area contributed by atoms with Crippen LogP contribution in [0.4, 0.5) is 5.69 Å². The minimum Gasteiger partial charge on any atom is -0.352 e. The Morgan fingerprint density at radius 2 is 2.05 bits per heavy atom. The molecule has 4 N–H and O–H groups in total. The van der Waals surface area contributed by atoms with E-state index in [4.69, 9.17) is 5.73 Å². The predicted molar refractivity (Wildman–Crippen MR) is 81.1 cm³/mol. The first-order valence-electron chi connectivity index (χ1n) is 6.54. The van der Waals surface area contributed by atoms with Gasteiger partial charge in [-0.05, 0) is 37.5 Å². The lowest BCUT2D eigenvalue weighted by atomic mass is 10.1. The van der Waals surface area contributed by atoms with Crippen LogP contribution in [0.25, 0.3) is 0 Å². The third kappa shape index (κ3) is 3.95. The second kappa shape index (κ2) is 6.72. The first-order chi connectivity index (χ1) is 9.05. The van der Waals surface area contributed by atoms with Gasteiger partial charge < -0.3 is 16.4 Å². The molecular formula is C14H20ClN3O2. The summed E-state index contributed by atoms with van der Waals surface area (Å²) < 4.78 is 0. The molecular weight excluding hydrogens is 278 g/mol. The van der Waals surface area contributed by atoms with Gasteiger partial charge in [0.2, 0.25) is 5.91 Å². The molecule has 1 fully saturated rings. The second-order valence-corrected chi connectivity index (χ2v) is 4.95. The van der Waals surface area contributed by atoms with Crippen molar-refractivity contribution >= 4 is 29.9 Å². The highest BCUT2D eigenvalue weighted by molar-refractivity contribution is 6.01. The fourth-order valence-corrected chi connectivity index (χ4v) is 1.70. The molecule has 110 valence electrons. The minimum atomic E-state index is -0.708. The Bertz CT molecular complexity index is 501. The number of carbonyl (C=O) groups is 2. The summed E-state index contributed by atoms with van der Waals surface area (Å²) in [4.78, 5) is 23.6. The first-order valence-corrected chi connectivity index (χ1v) is 6.54. The number of anilines is 1. The molecule has 1 aromatic rings. The molecule has 1 saturated carbocycles. The molecule has 2 amide bonds. The molecule has 0 spiro atoms. The van der Waals surface area contributed by atoms with E-state index in [-0.39, 0.29) is 24.2 Å². The number of nitrogens with one attached hydrogen (secondary N) is 2. The van der Waals surface area contributed by atoms with Crippen molar-refractivity contribution in [1.29, 1.82) is 0 Å². The number of carbonyl (C=O) groups excluding carboxylic acids is 2. The van der Waals surface area contributed by atoms with Crippen molar-refractivity contribution in [2.75, 3.05) is 11.9 Å². The molecule has 0 radical (unpaired) electrons. The fourth-order valence-electron chi connectivity index (χ4n) is 1.70. The van der Waals surface area contributed by atoms with E-state index in [2.05, 4.69) is 10.6 Å². The number of hydrogen-bond acceptors (Lipinski definition) is 3. The molecule has 20 heavy (non-hydrogen) atoms. The third-order valence-electron chi connectivity index (χ3n) is 3.16. The average Bonchev–Trinajstić information content (AvgIpc) is 3.16. The molecule has 0 bridgehead atoms. The Kier molecular flexibility index (Phi) is 5.53. The van der Waals surface area contributed by atoms with Gasteiger partial charge in [0.25, 0.3) is 5.91 Å². The first kappa shape index (κ1) is 16.5. The van der Waals surface area contributed by atoms with Crippen LogP contribution in [0.3, 0.4) is 0 Å². The van der Waals surface area contributed by atoms with Crippen LogP contribution in [0.5, 0.6) is 0 Å². The molecule has 1 aliphatic carbocycles. The fraction of sp³-hybridized carbons (Fsp3) is 0.429. The van der Waals surface area contributed by atoms with E-state index in [1.165, 1.54) is 0 Å². The summed E-state index contributed by atoms with van der Waals surface area (Å²) >= 11 is 0. The lowest BCUT2D eigenvalue weighted by Gasteiger charge is -2.11. The van der Waals surface area contributed by atoms with Crippen LogP contribution in [0.1, 0.15) is 36.5 Å². The molecule has 0 saturated heterocycles. The molecule has 1 aromatic carbocycles.